The van der Waals surface area contributed by atoms with E-state index in [-0.39, 0.29) is 35.4 Å². The van der Waals surface area contributed by atoms with Crippen LogP contribution in [0.1, 0.15) is 198 Å². The van der Waals surface area contributed by atoms with Crippen molar-refractivity contribution in [3.8, 4) is 0 Å². The van der Waals surface area contributed by atoms with E-state index in [4.69, 9.17) is 10.7 Å². The van der Waals surface area contributed by atoms with Gasteiger partial charge in [-0.15, -0.1) is 0 Å². The van der Waals surface area contributed by atoms with Crippen LogP contribution in [-0.4, -0.2) is 22.2 Å². The molecule has 1 aliphatic rings. The number of aryl methyl sites for hydroxylation is 9. The van der Waals surface area contributed by atoms with Crippen LogP contribution in [0, 0.1) is 51.7 Å². The third-order valence-corrected chi connectivity index (χ3v) is 13.2. The summed E-state index contributed by atoms with van der Waals surface area (Å²) in [7, 11) is 0. The number of aliphatic imine (C=N–C) groups is 1. The third-order valence-electron chi connectivity index (χ3n) is 13.2. The molecule has 378 valence electrons. The lowest BCUT2D eigenvalue weighted by molar-refractivity contribution is -0.529. The zero-order valence-corrected chi connectivity index (χ0v) is 45.3. The Balaban J connectivity index is 0.000000272. The Morgan fingerprint density at radius 3 is 1.46 bits per heavy atom. The molecule has 71 heavy (non-hydrogen) atoms. The molecule has 6 aromatic rings. The molecule has 7 rings (SSSR count). The Morgan fingerprint density at radius 1 is 0.577 bits per heavy atom. The number of benzene rings is 6. The summed E-state index contributed by atoms with van der Waals surface area (Å²) in [6.45, 7) is 26.6. The highest BCUT2D eigenvalue weighted by atomic mass is 16.6. The molecule has 0 aliphatic carbocycles. The maximum atomic E-state index is 12.4. The van der Waals surface area contributed by atoms with Gasteiger partial charge in [-0.3, -0.25) is 24.7 Å². The number of rotatable bonds is 16. The van der Waals surface area contributed by atoms with Gasteiger partial charge in [0.1, 0.15) is 0 Å². The highest BCUT2D eigenvalue weighted by Crippen LogP contribution is 2.34. The molecule has 2 N–H and O–H groups in total. The van der Waals surface area contributed by atoms with Gasteiger partial charge in [0, 0.05) is 52.6 Å². The van der Waals surface area contributed by atoms with E-state index < -0.39 is 6.04 Å². The van der Waals surface area contributed by atoms with Gasteiger partial charge >= 0.3 is 0 Å². The summed E-state index contributed by atoms with van der Waals surface area (Å²) in [5.74, 6) is 0.138. The second kappa shape index (κ2) is 30.4. The molecule has 6 aromatic carbocycles. The number of nitrogens with two attached hydrogens (primary N) is 1. The van der Waals surface area contributed by atoms with E-state index >= 15 is 0 Å². The van der Waals surface area contributed by atoms with Gasteiger partial charge in [-0.1, -0.05) is 176 Å². The second-order valence-electron chi connectivity index (χ2n) is 18.0. The lowest BCUT2D eigenvalue weighted by atomic mass is 9.93. The van der Waals surface area contributed by atoms with Crippen molar-refractivity contribution in [1.29, 1.82) is 0 Å². The molecule has 3 atom stereocenters. The van der Waals surface area contributed by atoms with Gasteiger partial charge in [0.05, 0.1) is 6.04 Å². The fourth-order valence-electron chi connectivity index (χ4n) is 9.08. The van der Waals surface area contributed by atoms with Crippen LogP contribution in [-0.2, 0) is 19.3 Å². The Labute approximate surface area is 427 Å². The predicted molar refractivity (Wildman–Crippen MR) is 300 cm³/mol. The van der Waals surface area contributed by atoms with Gasteiger partial charge in [-0.05, 0) is 147 Å². The number of carbonyl (C=O) groups is 2. The summed E-state index contributed by atoms with van der Waals surface area (Å²) in [6, 6.07) is 42.1. The highest BCUT2D eigenvalue weighted by Gasteiger charge is 2.26. The summed E-state index contributed by atoms with van der Waals surface area (Å²) in [5, 5.41) is 11.5. The van der Waals surface area contributed by atoms with Crippen LogP contribution < -0.4 is 5.73 Å². The summed E-state index contributed by atoms with van der Waals surface area (Å²) in [5.41, 5.74) is 24.3. The first kappa shape index (κ1) is 59.0. The Morgan fingerprint density at radius 2 is 1.01 bits per heavy atom. The third kappa shape index (κ3) is 17.2. The zero-order valence-electron chi connectivity index (χ0n) is 45.3. The molecule has 0 bridgehead atoms. The minimum Gasteiger partial charge on any atom is -0.324 e. The van der Waals surface area contributed by atoms with E-state index in [2.05, 4.69) is 102 Å². The SMILES string of the molecule is CC.CC.CCc1ccc(C(CCC(=O)c2ccccc2C)[N+](=O)[O-])c(C)c1.CCc1ccc(C(N)CCC(=O)c2ccccc2C)c(C)c1.CCc1ccc(C2CCC(c3ccccc3C)=N2)c(C)c1. The molecule has 7 nitrogen and oxygen atoms in total. The minimum atomic E-state index is -0.844. The number of nitro groups is 1. The van der Waals surface area contributed by atoms with Crippen molar-refractivity contribution in [2.24, 2.45) is 10.7 Å². The van der Waals surface area contributed by atoms with Crippen molar-refractivity contribution >= 4 is 17.3 Å². The predicted octanol–water partition coefficient (Wildman–Crippen LogP) is 16.6. The van der Waals surface area contributed by atoms with Gasteiger partial charge < -0.3 is 5.73 Å². The fourth-order valence-corrected chi connectivity index (χ4v) is 9.08. The van der Waals surface area contributed by atoms with Crippen LogP contribution in [0.25, 0.3) is 0 Å². The number of hydrogen-bond acceptors (Lipinski definition) is 6. The van der Waals surface area contributed by atoms with Gasteiger partial charge in [0.15, 0.2) is 11.6 Å². The quantitative estimate of drug-likeness (QED) is 0.0589. The highest BCUT2D eigenvalue weighted by molar-refractivity contribution is 6.03. The Kier molecular flexibility index (Phi) is 25.3. The standard InChI is InChI=1S/C20H23NO3.C20H25NO.C20H23N.2C2H6/c1-4-16-9-10-17(15(3)13-16)19(21(23)24)11-12-20(22)18-8-6-5-7-14(18)2;1-4-16-9-10-17(15(3)13-16)19(21)11-12-20(22)18-8-6-5-7-14(18)2;1-4-16-9-10-18(15(3)13-16)20-12-11-19(21-20)17-8-6-5-7-14(17)2;2*1-2/h5-10,13,19H,4,11-12H2,1-3H3;5-10,13,19H,4,11-12,21H2,1-3H3;5-10,13,20H,4,11-12H2,1-3H3;2*1-2H3. The van der Waals surface area contributed by atoms with Crippen molar-refractivity contribution in [2.75, 3.05) is 0 Å². The van der Waals surface area contributed by atoms with E-state index in [9.17, 15) is 19.7 Å². The first-order chi connectivity index (χ1) is 34.1. The first-order valence-electron chi connectivity index (χ1n) is 26.1. The van der Waals surface area contributed by atoms with E-state index in [1.807, 2.05) is 109 Å². The van der Waals surface area contributed by atoms with E-state index in [0.717, 1.165) is 65.5 Å². The summed E-state index contributed by atoms with van der Waals surface area (Å²) in [4.78, 5) is 41.0. The summed E-state index contributed by atoms with van der Waals surface area (Å²) < 4.78 is 0. The average Bonchev–Trinajstić information content (AvgIpc) is 3.87. The topological polar surface area (TPSA) is 116 Å². The molecular formula is C64H83N3O4. The van der Waals surface area contributed by atoms with Gasteiger partial charge in [0.2, 0.25) is 6.04 Å². The molecule has 0 aromatic heterocycles. The molecule has 3 unspecified atom stereocenters. The number of Topliss-reactive ketones (excluding diaryl/α,β-unsaturated/α-hetero) is 2. The van der Waals surface area contributed by atoms with Crippen LogP contribution >= 0.6 is 0 Å². The van der Waals surface area contributed by atoms with Gasteiger partial charge in [0.25, 0.3) is 0 Å². The Bertz CT molecular complexity index is 2680. The Hall–Kier alpha value is -6.31. The average molecular weight is 958 g/mol. The molecule has 0 saturated carbocycles. The number of ketones is 2. The molecule has 0 fully saturated rings. The van der Waals surface area contributed by atoms with E-state index in [0.29, 0.717) is 30.0 Å². The van der Waals surface area contributed by atoms with Crippen LogP contribution in [0.4, 0.5) is 0 Å². The van der Waals surface area contributed by atoms with Crippen molar-refractivity contribution < 1.29 is 14.5 Å². The summed E-state index contributed by atoms with van der Waals surface area (Å²) >= 11 is 0. The number of nitrogens with zero attached hydrogens (tertiary/aromatic N) is 2. The lowest BCUT2D eigenvalue weighted by Crippen LogP contribution is -2.14. The zero-order chi connectivity index (χ0) is 52.6. The molecular weight excluding hydrogens is 875 g/mol. The van der Waals surface area contributed by atoms with Crippen molar-refractivity contribution in [2.45, 2.75) is 166 Å². The first-order valence-corrected chi connectivity index (χ1v) is 26.1. The van der Waals surface area contributed by atoms with E-state index in [1.165, 1.54) is 44.7 Å². The molecule has 0 spiro atoms. The minimum absolute atomic E-state index is 0.0391. The van der Waals surface area contributed by atoms with Crippen LogP contribution in [0.5, 0.6) is 0 Å². The lowest BCUT2D eigenvalue weighted by Gasteiger charge is -2.15. The van der Waals surface area contributed by atoms with Crippen LogP contribution in [0.3, 0.4) is 0 Å². The van der Waals surface area contributed by atoms with Crippen LogP contribution in [0.2, 0.25) is 0 Å². The van der Waals surface area contributed by atoms with Crippen molar-refractivity contribution in [3.63, 3.8) is 0 Å². The van der Waals surface area contributed by atoms with Crippen molar-refractivity contribution in [1.82, 2.24) is 0 Å². The maximum Gasteiger partial charge on any atom is 0.238 e. The molecule has 0 amide bonds. The second-order valence-corrected chi connectivity index (χ2v) is 18.0. The van der Waals surface area contributed by atoms with E-state index in [1.54, 1.807) is 6.07 Å². The number of carbonyl (C=O) groups excluding carboxylic acids is 2. The molecule has 0 radical (unpaired) electrons. The molecule has 1 aliphatic heterocycles. The van der Waals surface area contributed by atoms with Crippen molar-refractivity contribution in [3.05, 3.63) is 221 Å². The maximum absolute atomic E-state index is 12.4. The van der Waals surface area contributed by atoms with Gasteiger partial charge in [-0.25, -0.2) is 0 Å². The normalized spacial score (nSPS) is 13.3. The largest absolute Gasteiger partial charge is 0.324 e. The summed E-state index contributed by atoms with van der Waals surface area (Å²) in [6.07, 6.45) is 6.81. The smallest absolute Gasteiger partial charge is 0.238 e. The fraction of sp³-hybridized carbons (Fsp3) is 0.391. The monoisotopic (exact) mass is 958 g/mol. The molecule has 7 heteroatoms. The molecule has 1 heterocycles. The molecule has 0 saturated heterocycles. The van der Waals surface area contributed by atoms with Crippen LogP contribution in [0.15, 0.2) is 132 Å². The number of hydrogen-bond donors (Lipinski definition) is 1. The van der Waals surface area contributed by atoms with Gasteiger partial charge in [-0.2, -0.15) is 0 Å².